The molecule has 0 bridgehead atoms. The molecule has 0 atom stereocenters. The lowest BCUT2D eigenvalue weighted by molar-refractivity contribution is 0.577. The van der Waals surface area contributed by atoms with Crippen molar-refractivity contribution in [2.24, 2.45) is 0 Å². The molecule has 15 heavy (non-hydrogen) atoms. The van der Waals surface area contributed by atoms with Crippen molar-refractivity contribution in [1.82, 2.24) is 0 Å². The fourth-order valence-electron chi connectivity index (χ4n) is 2.13. The van der Waals surface area contributed by atoms with Crippen LogP contribution in [0.25, 0.3) is 0 Å². The molecule has 1 aromatic carbocycles. The molecule has 0 aliphatic carbocycles. The second kappa shape index (κ2) is 4.35. The number of rotatable bonds is 1. The van der Waals surface area contributed by atoms with E-state index in [0.29, 0.717) is 0 Å². The summed E-state index contributed by atoms with van der Waals surface area (Å²) in [6.07, 6.45) is 3.82. The Kier molecular flexibility index (Phi) is 2.91. The molecule has 1 aliphatic rings. The molecule has 2 rings (SSSR count). The molecule has 2 heteroatoms. The predicted molar refractivity (Wildman–Crippen MR) is 62.0 cm³/mol. The van der Waals surface area contributed by atoms with Gasteiger partial charge in [0.15, 0.2) is 0 Å². The number of hydrogen-bond donors (Lipinski definition) is 0. The summed E-state index contributed by atoms with van der Waals surface area (Å²) in [5.74, 6) is 0. The van der Waals surface area contributed by atoms with Gasteiger partial charge < -0.3 is 4.90 Å². The van der Waals surface area contributed by atoms with Gasteiger partial charge in [-0.1, -0.05) is 6.07 Å². The third-order valence-corrected chi connectivity index (χ3v) is 2.97. The van der Waals surface area contributed by atoms with Crippen molar-refractivity contribution in [3.63, 3.8) is 0 Å². The minimum Gasteiger partial charge on any atom is -0.370 e. The highest BCUT2D eigenvalue weighted by molar-refractivity contribution is 5.60. The van der Waals surface area contributed by atoms with Crippen LogP contribution in [0.4, 0.5) is 5.69 Å². The summed E-state index contributed by atoms with van der Waals surface area (Å²) in [6.45, 7) is 4.27. The lowest BCUT2D eigenvalue weighted by Crippen LogP contribution is -2.30. The number of anilines is 1. The molecule has 0 saturated carbocycles. The zero-order valence-corrected chi connectivity index (χ0v) is 9.16. The summed E-state index contributed by atoms with van der Waals surface area (Å²) >= 11 is 0. The second-order valence-corrected chi connectivity index (χ2v) is 4.18. The average molecular weight is 200 g/mol. The van der Waals surface area contributed by atoms with Gasteiger partial charge in [0.2, 0.25) is 0 Å². The summed E-state index contributed by atoms with van der Waals surface area (Å²) in [5.41, 5.74) is 3.16. The molecule has 0 unspecified atom stereocenters. The Hall–Kier alpha value is -1.49. The summed E-state index contributed by atoms with van der Waals surface area (Å²) in [4.78, 5) is 2.34. The first kappa shape index (κ1) is 10.0. The van der Waals surface area contributed by atoms with Gasteiger partial charge in [0.1, 0.15) is 6.07 Å². The number of nitrogens with zero attached hydrogens (tertiary/aromatic N) is 2. The van der Waals surface area contributed by atoms with E-state index < -0.39 is 0 Å². The predicted octanol–water partition coefficient (Wildman–Crippen LogP) is 2.86. The van der Waals surface area contributed by atoms with Crippen LogP contribution in [0.15, 0.2) is 18.2 Å². The third kappa shape index (κ3) is 2.12. The van der Waals surface area contributed by atoms with Gasteiger partial charge in [0.05, 0.1) is 11.3 Å². The van der Waals surface area contributed by atoms with Crippen molar-refractivity contribution < 1.29 is 0 Å². The fraction of sp³-hybridized carbons (Fsp3) is 0.462. The van der Waals surface area contributed by atoms with Crippen LogP contribution in [0.5, 0.6) is 0 Å². The molecule has 0 radical (unpaired) electrons. The Morgan fingerprint density at radius 1 is 1.20 bits per heavy atom. The van der Waals surface area contributed by atoms with Crippen LogP contribution >= 0.6 is 0 Å². The van der Waals surface area contributed by atoms with Crippen molar-refractivity contribution in [3.8, 4) is 6.07 Å². The molecule has 0 amide bonds. The van der Waals surface area contributed by atoms with Crippen LogP contribution in [-0.2, 0) is 0 Å². The first-order valence-corrected chi connectivity index (χ1v) is 5.57. The fourth-order valence-corrected chi connectivity index (χ4v) is 2.13. The number of aryl methyl sites for hydroxylation is 1. The minimum atomic E-state index is 0.808. The van der Waals surface area contributed by atoms with Gasteiger partial charge in [-0.25, -0.2) is 0 Å². The Bertz CT molecular complexity index is 384. The van der Waals surface area contributed by atoms with Gasteiger partial charge in [-0.05, 0) is 43.9 Å². The van der Waals surface area contributed by atoms with E-state index in [2.05, 4.69) is 24.0 Å². The number of benzene rings is 1. The van der Waals surface area contributed by atoms with E-state index in [1.165, 1.54) is 24.8 Å². The zero-order valence-electron chi connectivity index (χ0n) is 9.16. The molecular formula is C13H16N2. The van der Waals surface area contributed by atoms with Crippen molar-refractivity contribution in [2.45, 2.75) is 26.2 Å². The third-order valence-electron chi connectivity index (χ3n) is 2.97. The first-order valence-electron chi connectivity index (χ1n) is 5.57. The van der Waals surface area contributed by atoms with Crippen molar-refractivity contribution in [3.05, 3.63) is 29.3 Å². The molecule has 1 heterocycles. The Labute approximate surface area is 91.1 Å². The molecule has 2 nitrogen and oxygen atoms in total. The summed E-state index contributed by atoms with van der Waals surface area (Å²) in [6, 6.07) is 8.34. The molecule has 0 N–H and O–H groups in total. The summed E-state index contributed by atoms with van der Waals surface area (Å²) in [5, 5.41) is 9.06. The van der Waals surface area contributed by atoms with Crippen LogP contribution in [-0.4, -0.2) is 13.1 Å². The average Bonchev–Trinajstić information content (AvgIpc) is 2.30. The van der Waals surface area contributed by atoms with Gasteiger partial charge in [0, 0.05) is 13.1 Å². The monoisotopic (exact) mass is 200 g/mol. The summed E-state index contributed by atoms with van der Waals surface area (Å²) < 4.78 is 0. The van der Waals surface area contributed by atoms with E-state index >= 15 is 0 Å². The van der Waals surface area contributed by atoms with Gasteiger partial charge in [-0.15, -0.1) is 0 Å². The Balaban J connectivity index is 2.32. The van der Waals surface area contributed by atoms with Crippen LogP contribution in [0.1, 0.15) is 30.4 Å². The van der Waals surface area contributed by atoms with E-state index in [4.69, 9.17) is 5.26 Å². The molecule has 78 valence electrons. The van der Waals surface area contributed by atoms with Crippen molar-refractivity contribution >= 4 is 5.69 Å². The lowest BCUT2D eigenvalue weighted by Gasteiger charge is -2.29. The Morgan fingerprint density at radius 3 is 2.60 bits per heavy atom. The quantitative estimate of drug-likeness (QED) is 0.697. The molecule has 1 aliphatic heterocycles. The van der Waals surface area contributed by atoms with E-state index in [1.54, 1.807) is 0 Å². The van der Waals surface area contributed by atoms with Gasteiger partial charge in [-0.2, -0.15) is 5.26 Å². The Morgan fingerprint density at radius 2 is 1.93 bits per heavy atom. The maximum Gasteiger partial charge on any atom is 0.101 e. The zero-order chi connectivity index (χ0) is 10.7. The van der Waals surface area contributed by atoms with E-state index in [0.717, 1.165) is 24.3 Å². The highest BCUT2D eigenvalue weighted by atomic mass is 15.1. The molecular weight excluding hydrogens is 184 g/mol. The highest BCUT2D eigenvalue weighted by Gasteiger charge is 2.14. The van der Waals surface area contributed by atoms with Crippen LogP contribution < -0.4 is 4.90 Å². The van der Waals surface area contributed by atoms with Gasteiger partial charge in [0.25, 0.3) is 0 Å². The normalized spacial score (nSPS) is 16.1. The number of nitriles is 1. The molecule has 1 fully saturated rings. The topological polar surface area (TPSA) is 27.0 Å². The SMILES string of the molecule is Cc1ccc(C#N)c(N2CCCCC2)c1. The van der Waals surface area contributed by atoms with Gasteiger partial charge in [-0.3, -0.25) is 0 Å². The maximum absolute atomic E-state index is 9.06. The second-order valence-electron chi connectivity index (χ2n) is 4.18. The molecule has 0 spiro atoms. The van der Waals surface area contributed by atoms with E-state index in [9.17, 15) is 0 Å². The lowest BCUT2D eigenvalue weighted by atomic mass is 10.1. The highest BCUT2D eigenvalue weighted by Crippen LogP contribution is 2.24. The van der Waals surface area contributed by atoms with Crippen LogP contribution in [0.3, 0.4) is 0 Å². The van der Waals surface area contributed by atoms with E-state index in [1.807, 2.05) is 12.1 Å². The van der Waals surface area contributed by atoms with Crippen molar-refractivity contribution in [2.75, 3.05) is 18.0 Å². The molecule has 0 aromatic heterocycles. The molecule has 1 aromatic rings. The van der Waals surface area contributed by atoms with Gasteiger partial charge >= 0.3 is 0 Å². The van der Waals surface area contributed by atoms with Crippen LogP contribution in [0.2, 0.25) is 0 Å². The minimum absolute atomic E-state index is 0.808. The van der Waals surface area contributed by atoms with E-state index in [-0.39, 0.29) is 0 Å². The maximum atomic E-state index is 9.06. The first-order chi connectivity index (χ1) is 7.31. The van der Waals surface area contributed by atoms with Crippen molar-refractivity contribution in [1.29, 1.82) is 5.26 Å². The molecule has 1 saturated heterocycles. The number of piperidine rings is 1. The largest absolute Gasteiger partial charge is 0.370 e. The smallest absolute Gasteiger partial charge is 0.101 e. The number of hydrogen-bond acceptors (Lipinski definition) is 2. The summed E-state index contributed by atoms with van der Waals surface area (Å²) in [7, 11) is 0. The van der Waals surface area contributed by atoms with Crippen LogP contribution in [0, 0.1) is 18.3 Å². The standard InChI is InChI=1S/C13H16N2/c1-11-5-6-12(10-14)13(9-11)15-7-3-2-4-8-15/h5-6,9H,2-4,7-8H2,1H3.